The molecular formula is C70H50N4. The predicted octanol–water partition coefficient (Wildman–Crippen LogP) is 19.4. The molecular weight excluding hydrogens is 897 g/mol. The normalized spacial score (nSPS) is 11.4. The van der Waals surface area contributed by atoms with E-state index in [1.54, 1.807) is 0 Å². The van der Waals surface area contributed by atoms with Crippen LogP contribution in [-0.2, 0) is 0 Å². The average Bonchev–Trinajstić information content (AvgIpc) is 3.99. The van der Waals surface area contributed by atoms with Crippen molar-refractivity contribution in [2.75, 3.05) is 9.80 Å². The van der Waals surface area contributed by atoms with Gasteiger partial charge in [-0.05, 0) is 167 Å². The Bertz CT molecular complexity index is 3900. The van der Waals surface area contributed by atoms with Crippen LogP contribution in [0.25, 0.3) is 89.4 Å². The Balaban J connectivity index is 0.943. The standard InChI is InChI=1S/C70H50N4/c1-3-49-25-29-51(30-26-49)53-33-41-67-63(45-53)65-47-61(39-43-69(65)73(67)57-21-13-7-14-22-57)71(55-17-9-5-10-18-55)59-35-37-60(38-36-59)72(56-19-11-6-12-20-56)62-40-44-70-66(48-62)64-46-54(52-31-27-50(4-2)28-32-52)34-42-68(64)74(70)58-23-15-8-16-24-58/h3-48H,1-2H2. The molecule has 0 fully saturated rings. The fourth-order valence-corrected chi connectivity index (χ4v) is 10.8. The Labute approximate surface area is 431 Å². The molecule has 0 amide bonds. The minimum absolute atomic E-state index is 1.05. The number of benzene rings is 11. The van der Waals surface area contributed by atoms with Crippen LogP contribution in [0.3, 0.4) is 0 Å². The van der Waals surface area contributed by atoms with E-state index in [9.17, 15) is 0 Å². The molecule has 0 aliphatic heterocycles. The highest BCUT2D eigenvalue weighted by atomic mass is 15.2. The molecule has 13 rings (SSSR count). The van der Waals surface area contributed by atoms with Gasteiger partial charge in [-0.2, -0.15) is 0 Å². The van der Waals surface area contributed by atoms with E-state index in [1.807, 2.05) is 12.2 Å². The van der Waals surface area contributed by atoms with Crippen LogP contribution in [-0.4, -0.2) is 9.13 Å². The highest BCUT2D eigenvalue weighted by Crippen LogP contribution is 2.44. The Morgan fingerprint density at radius 2 is 0.541 bits per heavy atom. The maximum atomic E-state index is 3.97. The number of nitrogens with zero attached hydrogens (tertiary/aromatic N) is 4. The first-order valence-electron chi connectivity index (χ1n) is 25.1. The summed E-state index contributed by atoms with van der Waals surface area (Å²) < 4.78 is 4.77. The number of fused-ring (bicyclic) bond motifs is 6. The largest absolute Gasteiger partial charge is 0.310 e. The number of anilines is 6. The zero-order chi connectivity index (χ0) is 49.5. The number of rotatable bonds is 12. The van der Waals surface area contributed by atoms with Gasteiger partial charge in [0.15, 0.2) is 0 Å². The van der Waals surface area contributed by atoms with Gasteiger partial charge < -0.3 is 18.9 Å². The summed E-state index contributed by atoms with van der Waals surface area (Å²) in [5.74, 6) is 0. The molecule has 0 saturated heterocycles. The third kappa shape index (κ3) is 7.83. The lowest BCUT2D eigenvalue weighted by Crippen LogP contribution is -2.12. The third-order valence-electron chi connectivity index (χ3n) is 14.4. The van der Waals surface area contributed by atoms with E-state index >= 15 is 0 Å². The van der Waals surface area contributed by atoms with Gasteiger partial charge in [-0.1, -0.05) is 159 Å². The maximum absolute atomic E-state index is 3.97. The van der Waals surface area contributed by atoms with Crippen LogP contribution >= 0.6 is 0 Å². The summed E-state index contributed by atoms with van der Waals surface area (Å²) in [7, 11) is 0. The first-order chi connectivity index (χ1) is 36.6. The SMILES string of the molecule is C=Cc1ccc(-c2ccc3c(c2)c2cc(N(c4ccccc4)c4ccc(N(c5ccccc5)c5ccc6c(c5)c5cc(-c7ccc(C=C)cc7)ccc5n6-c5ccccc5)cc4)ccc2n3-c2ccccc2)cc1. The Kier molecular flexibility index (Phi) is 11.1. The second-order valence-electron chi connectivity index (χ2n) is 18.7. The van der Waals surface area contributed by atoms with Crippen molar-refractivity contribution in [1.82, 2.24) is 9.13 Å². The molecule has 0 saturated carbocycles. The fourth-order valence-electron chi connectivity index (χ4n) is 10.8. The highest BCUT2D eigenvalue weighted by Gasteiger charge is 2.21. The summed E-state index contributed by atoms with van der Waals surface area (Å²) in [5, 5.41) is 4.75. The number of aromatic nitrogens is 2. The van der Waals surface area contributed by atoms with Crippen molar-refractivity contribution in [3.05, 3.63) is 291 Å². The van der Waals surface area contributed by atoms with Crippen LogP contribution in [0.5, 0.6) is 0 Å². The molecule has 13 aromatic rings. The van der Waals surface area contributed by atoms with Crippen LogP contribution in [0, 0.1) is 0 Å². The van der Waals surface area contributed by atoms with Crippen molar-refractivity contribution in [1.29, 1.82) is 0 Å². The smallest absolute Gasteiger partial charge is 0.0542 e. The van der Waals surface area contributed by atoms with Gasteiger partial charge in [0, 0.05) is 67.0 Å². The lowest BCUT2D eigenvalue weighted by Gasteiger charge is -2.28. The summed E-state index contributed by atoms with van der Waals surface area (Å²) in [6.45, 7) is 7.94. The molecule has 0 spiro atoms. The molecule has 2 aromatic heterocycles. The highest BCUT2D eigenvalue weighted by molar-refractivity contribution is 6.13. The minimum Gasteiger partial charge on any atom is -0.310 e. The van der Waals surface area contributed by atoms with E-state index in [0.717, 1.165) is 78.7 Å². The van der Waals surface area contributed by atoms with Crippen molar-refractivity contribution >= 4 is 89.9 Å². The molecule has 11 aromatic carbocycles. The molecule has 350 valence electrons. The van der Waals surface area contributed by atoms with Gasteiger partial charge in [0.2, 0.25) is 0 Å². The summed E-state index contributed by atoms with van der Waals surface area (Å²) in [5.41, 5.74) is 20.2. The van der Waals surface area contributed by atoms with E-state index in [4.69, 9.17) is 0 Å². The zero-order valence-electron chi connectivity index (χ0n) is 40.8. The predicted molar refractivity (Wildman–Crippen MR) is 316 cm³/mol. The monoisotopic (exact) mass is 946 g/mol. The molecule has 0 atom stereocenters. The Morgan fingerprint density at radius 1 is 0.257 bits per heavy atom. The van der Waals surface area contributed by atoms with Gasteiger partial charge >= 0.3 is 0 Å². The number of hydrogen-bond acceptors (Lipinski definition) is 2. The fraction of sp³-hybridized carbons (Fsp3) is 0. The summed E-state index contributed by atoms with van der Waals surface area (Å²) in [4.78, 5) is 4.74. The average molecular weight is 947 g/mol. The topological polar surface area (TPSA) is 16.3 Å². The summed E-state index contributed by atoms with van der Waals surface area (Å²) in [6, 6.07) is 96.5. The van der Waals surface area contributed by atoms with Crippen LogP contribution in [0.1, 0.15) is 11.1 Å². The zero-order valence-corrected chi connectivity index (χ0v) is 40.8. The van der Waals surface area contributed by atoms with Gasteiger partial charge in [0.25, 0.3) is 0 Å². The molecule has 4 nitrogen and oxygen atoms in total. The van der Waals surface area contributed by atoms with E-state index < -0.39 is 0 Å². The van der Waals surface area contributed by atoms with E-state index in [0.29, 0.717) is 0 Å². The third-order valence-corrected chi connectivity index (χ3v) is 14.4. The van der Waals surface area contributed by atoms with Crippen molar-refractivity contribution in [3.63, 3.8) is 0 Å². The quantitative estimate of drug-likeness (QED) is 0.121. The molecule has 0 unspecified atom stereocenters. The van der Waals surface area contributed by atoms with E-state index in [-0.39, 0.29) is 0 Å². The number of hydrogen-bond donors (Lipinski definition) is 0. The van der Waals surface area contributed by atoms with Crippen molar-refractivity contribution < 1.29 is 0 Å². The van der Waals surface area contributed by atoms with E-state index in [1.165, 1.54) is 43.8 Å². The second-order valence-corrected chi connectivity index (χ2v) is 18.7. The lowest BCUT2D eigenvalue weighted by molar-refractivity contribution is 1.18. The minimum atomic E-state index is 1.05. The van der Waals surface area contributed by atoms with Gasteiger partial charge in [-0.15, -0.1) is 0 Å². The molecule has 0 bridgehead atoms. The molecule has 4 heteroatoms. The van der Waals surface area contributed by atoms with Crippen molar-refractivity contribution in [3.8, 4) is 33.6 Å². The second kappa shape index (κ2) is 18.7. The van der Waals surface area contributed by atoms with Crippen LogP contribution in [0.2, 0.25) is 0 Å². The molecule has 0 aliphatic carbocycles. The van der Waals surface area contributed by atoms with Crippen LogP contribution < -0.4 is 9.80 Å². The van der Waals surface area contributed by atoms with Crippen molar-refractivity contribution in [2.45, 2.75) is 0 Å². The van der Waals surface area contributed by atoms with Gasteiger partial charge in [-0.25, -0.2) is 0 Å². The Hall–Kier alpha value is -9.90. The molecule has 0 radical (unpaired) electrons. The molecule has 0 N–H and O–H groups in total. The Morgan fingerprint density at radius 3 is 0.892 bits per heavy atom. The maximum Gasteiger partial charge on any atom is 0.0542 e. The molecule has 2 heterocycles. The first-order valence-corrected chi connectivity index (χ1v) is 25.1. The van der Waals surface area contributed by atoms with Crippen molar-refractivity contribution in [2.24, 2.45) is 0 Å². The summed E-state index contributed by atoms with van der Waals surface area (Å²) >= 11 is 0. The van der Waals surface area contributed by atoms with E-state index in [2.05, 4.69) is 299 Å². The lowest BCUT2D eigenvalue weighted by atomic mass is 10.0. The molecule has 0 aliphatic rings. The number of para-hydroxylation sites is 4. The first kappa shape index (κ1) is 44.1. The molecule has 74 heavy (non-hydrogen) atoms. The summed E-state index contributed by atoms with van der Waals surface area (Å²) in [6.07, 6.45) is 3.78. The van der Waals surface area contributed by atoms with Gasteiger partial charge in [-0.3, -0.25) is 0 Å². The van der Waals surface area contributed by atoms with Crippen LogP contribution in [0.4, 0.5) is 34.1 Å². The van der Waals surface area contributed by atoms with Gasteiger partial charge in [0.1, 0.15) is 0 Å². The van der Waals surface area contributed by atoms with Gasteiger partial charge in [0.05, 0.1) is 22.1 Å². The van der Waals surface area contributed by atoms with Crippen LogP contribution in [0.15, 0.2) is 280 Å².